The van der Waals surface area contributed by atoms with Crippen molar-refractivity contribution in [2.45, 2.75) is 274 Å². The van der Waals surface area contributed by atoms with E-state index in [1.54, 1.807) is 32.9 Å². The van der Waals surface area contributed by atoms with Gasteiger partial charge in [0.1, 0.15) is 28.6 Å². The molecule has 2 N–H and O–H groups in total. The van der Waals surface area contributed by atoms with E-state index in [0.29, 0.717) is 48.7 Å². The highest BCUT2D eigenvalue weighted by Gasteiger charge is 2.81. The van der Waals surface area contributed by atoms with Gasteiger partial charge in [0.2, 0.25) is 0 Å². The molecule has 6 aromatic carbocycles. The molecule has 1 saturated carbocycles. The minimum Gasteiger partial charge on any atom is -0.743 e. The first-order valence-electron chi connectivity index (χ1n) is 33.7. The summed E-state index contributed by atoms with van der Waals surface area (Å²) in [6.45, 7) is 28.7. The highest BCUT2D eigenvalue weighted by Crippen LogP contribution is 2.52. The average molecular weight is 1580 g/mol. The first-order chi connectivity index (χ1) is 46.3. The first kappa shape index (κ1) is 109. The molecule has 0 amide bonds. The molecule has 3 atom stereocenters. The summed E-state index contributed by atoms with van der Waals surface area (Å²) in [6.07, 6.45) is 12.3. The van der Waals surface area contributed by atoms with Gasteiger partial charge in [-0.3, -0.25) is 9.59 Å². The molecule has 1 fully saturated rings. The second-order valence-electron chi connectivity index (χ2n) is 25.8. The smallest absolute Gasteiger partial charge is 0.450 e. The van der Waals surface area contributed by atoms with Gasteiger partial charge in [0.15, 0.2) is 30.7 Å². The van der Waals surface area contributed by atoms with Gasteiger partial charge in [-0.2, -0.15) is 34.8 Å². The molecular weight excluding hydrogens is 1440 g/mol. The number of aliphatic hydroxyl groups is 1. The monoisotopic (exact) mass is 1570 g/mol. The van der Waals surface area contributed by atoms with Crippen LogP contribution >= 0.6 is 10.5 Å². The number of aliphatic hydroxyl groups excluding tert-OH is 1. The fraction of sp³-hybridized carbons (Fsp3) is 0.548. The molecule has 0 aliphatic heterocycles. The fourth-order valence-electron chi connectivity index (χ4n) is 10.4. The topological polar surface area (TPSA) is 212 Å². The zero-order valence-electron chi connectivity index (χ0n) is 59.4. The summed E-state index contributed by atoms with van der Waals surface area (Å²) in [6, 6.07) is 44.6. The molecule has 14 nitrogen and oxygen atoms in total. The zero-order chi connectivity index (χ0) is 74.4. The van der Waals surface area contributed by atoms with Gasteiger partial charge in [0, 0.05) is 34.5 Å². The van der Waals surface area contributed by atoms with E-state index >= 15 is 0 Å². The number of hydrogen-bond donors (Lipinski definition) is 2. The van der Waals surface area contributed by atoms with Gasteiger partial charge in [0.25, 0.3) is 0 Å². The third-order valence-corrected chi connectivity index (χ3v) is 22.7. The van der Waals surface area contributed by atoms with Crippen molar-refractivity contribution in [1.82, 2.24) is 0 Å². The Morgan fingerprint density at radius 3 is 1.36 bits per heavy atom. The Balaban J connectivity index is -0.000000411. The molecule has 0 radical (unpaired) electrons. The Hall–Kier alpha value is -6.76. The van der Waals surface area contributed by atoms with Crippen LogP contribution in [-0.2, 0) is 45.7 Å². The molecular formula is C84H132F6O14S3. The molecule has 7 aromatic rings. The van der Waals surface area contributed by atoms with Crippen LogP contribution in [0.3, 0.4) is 0 Å². The highest BCUT2D eigenvalue weighted by atomic mass is 32.2. The number of thiophene rings is 1. The SMILES string of the molecule is C.C.C.C.C.C.C.C.CCC(C)(C)C(=O)OC(CC)(CC)C1CCCCC1.CCC(C)(C)C(=O)Oc1ccc(OS(=O)(=O)C(F)(F)C(F)(F)C(F)(F)S(=O)(=O)[O-])cc1.CCC(C)c1ccc(O)cc1.CCOC(C)Oc1ccc(C(C)CC)cc1.OCCc1ccc(-[s+]2c3ccccc3c3ccccc32)cc1. The lowest BCUT2D eigenvalue weighted by Gasteiger charge is -2.42. The van der Waals surface area contributed by atoms with Crippen LogP contribution in [0.5, 0.6) is 23.0 Å². The summed E-state index contributed by atoms with van der Waals surface area (Å²) >= 11 is 0. The molecule has 1 aromatic heterocycles. The Bertz CT molecular complexity index is 3800. The number of carbonyl (C=O) groups is 2. The normalized spacial score (nSPS) is 13.2. The highest BCUT2D eigenvalue weighted by molar-refractivity contribution is 7.88. The van der Waals surface area contributed by atoms with Crippen LogP contribution in [0.2, 0.25) is 0 Å². The number of esters is 2. The minimum atomic E-state index is -7.39. The molecule has 0 bridgehead atoms. The number of fused-ring (bicyclic) bond motifs is 3. The lowest BCUT2D eigenvalue weighted by atomic mass is 9.73. The second kappa shape index (κ2) is 48.0. The third-order valence-electron chi connectivity index (χ3n) is 18.2. The molecule has 0 saturated heterocycles. The Kier molecular flexibility index (Phi) is 48.8. The van der Waals surface area contributed by atoms with Crippen LogP contribution in [0.1, 0.15) is 256 Å². The van der Waals surface area contributed by atoms with Gasteiger partial charge in [-0.05, 0) is 219 Å². The van der Waals surface area contributed by atoms with E-state index in [9.17, 15) is 57.3 Å². The number of halogens is 6. The lowest BCUT2D eigenvalue weighted by Crippen LogP contribution is -2.61. The minimum absolute atomic E-state index is 0. The van der Waals surface area contributed by atoms with Crippen molar-refractivity contribution in [3.05, 3.63) is 162 Å². The Morgan fingerprint density at radius 2 is 0.953 bits per heavy atom. The predicted octanol–water partition coefficient (Wildman–Crippen LogP) is 25.4. The van der Waals surface area contributed by atoms with Crippen molar-refractivity contribution in [1.29, 1.82) is 0 Å². The molecule has 1 aliphatic rings. The van der Waals surface area contributed by atoms with Crippen LogP contribution in [0.15, 0.2) is 146 Å². The van der Waals surface area contributed by atoms with Gasteiger partial charge >= 0.3 is 38.5 Å². The maximum absolute atomic E-state index is 13.7. The van der Waals surface area contributed by atoms with Crippen LogP contribution in [0, 0.1) is 16.7 Å². The van der Waals surface area contributed by atoms with Gasteiger partial charge in [0.05, 0.1) is 10.8 Å². The molecule has 3 unspecified atom stereocenters. The Morgan fingerprint density at radius 1 is 0.542 bits per heavy atom. The molecule has 1 heterocycles. The number of aromatic hydroxyl groups is 1. The van der Waals surface area contributed by atoms with E-state index in [2.05, 4.69) is 138 Å². The number of phenolic OH excluding ortho intramolecular Hbond substituents is 1. The number of carbonyl (C=O) groups excluding carboxylic acids is 2. The number of rotatable bonds is 26. The maximum atomic E-state index is 13.7. The maximum Gasteiger partial charge on any atom is 0.450 e. The standard InChI is InChI=1S/C20H17OS.C17H32O2.C15H16F6O8S2.C14H22O2.C10H14O.8CH4/c21-14-13-15-9-11-16(12-10-15)22-19-7-3-1-5-17(19)18-6-2-4-8-20(18)22;1-6-16(4,5)15(18)19-17(7-2,8-3)14-12-10-9-11-13-14;1-4-12(2,3)11(22)28-9-5-7-10(8-6-9)29-31(26,27)15(20,21)13(16,17)14(18,19)30(23,24)25;1-5-11(3)13-7-9-14(10-8-13)16-12(4)15-6-2;1-3-8(2)9-4-6-10(11)7-5-9;;;;;;;;/h1-12,21H,13-14H2;14H,6-13H2,1-5H3;5-8H,4H2,1-3H3,(H,23,24,25);7-12H,5-6H2,1-4H3;4-8,11H,3H2,1-2H3;8*1H4/q+1;;;;;;;;;;;;/p-1. The molecule has 1 aliphatic carbocycles. The summed E-state index contributed by atoms with van der Waals surface area (Å²) < 4.78 is 163. The van der Waals surface area contributed by atoms with E-state index in [1.165, 1.54) is 73.9 Å². The summed E-state index contributed by atoms with van der Waals surface area (Å²) in [7, 11) is -14.4. The van der Waals surface area contributed by atoms with Gasteiger partial charge < -0.3 is 37.9 Å². The van der Waals surface area contributed by atoms with Crippen molar-refractivity contribution in [3.63, 3.8) is 0 Å². The van der Waals surface area contributed by atoms with Crippen LogP contribution in [0.4, 0.5) is 26.3 Å². The molecule has 0 spiro atoms. The van der Waals surface area contributed by atoms with Crippen molar-refractivity contribution in [3.8, 4) is 27.9 Å². The lowest BCUT2D eigenvalue weighted by molar-refractivity contribution is -0.247. The van der Waals surface area contributed by atoms with E-state index in [4.69, 9.17) is 29.2 Å². The van der Waals surface area contributed by atoms with Gasteiger partial charge in [-0.1, -0.05) is 195 Å². The van der Waals surface area contributed by atoms with Crippen molar-refractivity contribution in [2.75, 3.05) is 13.2 Å². The molecule has 23 heteroatoms. The number of hydrogen-bond acceptors (Lipinski definition) is 14. The van der Waals surface area contributed by atoms with E-state index in [-0.39, 0.29) is 106 Å². The van der Waals surface area contributed by atoms with Crippen molar-refractivity contribution >= 4 is 62.8 Å². The average Bonchev–Trinajstić information content (AvgIpc) is 1.32. The van der Waals surface area contributed by atoms with Crippen molar-refractivity contribution < 1.29 is 90.7 Å². The largest absolute Gasteiger partial charge is 0.743 e. The third kappa shape index (κ3) is 28.6. The van der Waals surface area contributed by atoms with Crippen LogP contribution in [0.25, 0.3) is 25.1 Å². The summed E-state index contributed by atoms with van der Waals surface area (Å²) in [4.78, 5) is 25.7. The Labute approximate surface area is 643 Å². The first-order valence-corrected chi connectivity index (χ1v) is 37.8. The number of benzene rings is 6. The van der Waals surface area contributed by atoms with E-state index in [0.717, 1.165) is 56.4 Å². The molecule has 107 heavy (non-hydrogen) atoms. The van der Waals surface area contributed by atoms with E-state index in [1.807, 2.05) is 52.0 Å². The number of ether oxygens (including phenoxy) is 4. The van der Waals surface area contributed by atoms with Crippen LogP contribution in [-0.4, -0.2) is 85.1 Å². The number of phenols is 1. The summed E-state index contributed by atoms with van der Waals surface area (Å²) in [5.41, 5.74) is 2.35. The van der Waals surface area contributed by atoms with Gasteiger partial charge in [-0.15, -0.1) is 0 Å². The predicted molar refractivity (Wildman–Crippen MR) is 434 cm³/mol. The second-order valence-corrected chi connectivity index (χ2v) is 30.7. The molecule has 612 valence electrons. The zero-order valence-corrected chi connectivity index (χ0v) is 61.8. The van der Waals surface area contributed by atoms with Crippen LogP contribution < -0.4 is 13.7 Å². The summed E-state index contributed by atoms with van der Waals surface area (Å²) in [5, 5.41) is 6.98. The quantitative estimate of drug-likeness (QED) is 0.00982. The molecule has 8 rings (SSSR count). The summed E-state index contributed by atoms with van der Waals surface area (Å²) in [5.74, 6) is -6.25. The van der Waals surface area contributed by atoms with Gasteiger partial charge in [-0.25, -0.2) is 8.42 Å². The van der Waals surface area contributed by atoms with Crippen molar-refractivity contribution in [2.24, 2.45) is 16.7 Å². The number of alkyl halides is 6. The van der Waals surface area contributed by atoms with E-state index < -0.39 is 53.8 Å². The fourth-order valence-corrected chi connectivity index (χ4v) is 14.2.